The molecule has 0 amide bonds. The minimum absolute atomic E-state index is 0.370. The third-order valence-electron chi connectivity index (χ3n) is 2.15. The number of fused-ring (bicyclic) bond motifs is 1. The van der Waals surface area contributed by atoms with Crippen molar-refractivity contribution >= 4 is 0 Å². The molecule has 0 saturated carbocycles. The first kappa shape index (κ1) is 5.60. The molecule has 0 aromatic carbocycles. The minimum Gasteiger partial charge on any atom is -0.359 e. The lowest BCUT2D eigenvalue weighted by Gasteiger charge is -2.13. The minimum atomic E-state index is 0.370. The molecular formula is C7H9N3. The zero-order chi connectivity index (χ0) is 7.14. The van der Waals surface area contributed by atoms with E-state index < -0.39 is 0 Å². The Labute approximate surface area is 60.1 Å². The number of hydrogen-bond acceptors (Lipinski definition) is 3. The van der Waals surface area contributed by atoms with Gasteiger partial charge < -0.3 is 4.90 Å². The van der Waals surface area contributed by atoms with Gasteiger partial charge in [0.25, 0.3) is 0 Å². The monoisotopic (exact) mass is 135 g/mol. The van der Waals surface area contributed by atoms with E-state index in [2.05, 4.69) is 17.2 Å². The van der Waals surface area contributed by atoms with Crippen molar-refractivity contribution in [3.63, 3.8) is 0 Å². The maximum atomic E-state index is 8.58. The van der Waals surface area contributed by atoms with Crippen LogP contribution in [0.2, 0.25) is 0 Å². The first-order chi connectivity index (χ1) is 4.84. The third-order valence-corrected chi connectivity index (χ3v) is 2.15. The van der Waals surface area contributed by atoms with Crippen LogP contribution in [0.3, 0.4) is 0 Å². The Kier molecular flexibility index (Phi) is 0.930. The standard InChI is InChI=1S/C7H9N3/c1-9-4-2-3-6-7(9)10(6)5-8/h2,4,6-7H,3H2,1H3/t6-,7-,10?/m1/s1. The maximum absolute atomic E-state index is 8.58. The van der Waals surface area contributed by atoms with Crippen LogP contribution in [0.5, 0.6) is 0 Å². The van der Waals surface area contributed by atoms with Crippen LogP contribution in [0.15, 0.2) is 12.3 Å². The summed E-state index contributed by atoms with van der Waals surface area (Å²) in [6.45, 7) is 0. The first-order valence-corrected chi connectivity index (χ1v) is 3.41. The normalized spacial score (nSPS) is 35.2. The summed E-state index contributed by atoms with van der Waals surface area (Å²) in [5.41, 5.74) is 0. The van der Waals surface area contributed by atoms with Crippen LogP contribution >= 0.6 is 0 Å². The molecule has 0 spiro atoms. The van der Waals surface area contributed by atoms with E-state index in [0.29, 0.717) is 12.2 Å². The van der Waals surface area contributed by atoms with Crippen molar-refractivity contribution < 1.29 is 0 Å². The Balaban J connectivity index is 2.13. The summed E-state index contributed by atoms with van der Waals surface area (Å²) >= 11 is 0. The molecule has 0 aromatic rings. The van der Waals surface area contributed by atoms with Crippen molar-refractivity contribution in [3.05, 3.63) is 12.3 Å². The predicted octanol–water partition coefficient (Wildman–Crippen LogP) is 0.327. The molecule has 10 heavy (non-hydrogen) atoms. The second kappa shape index (κ2) is 1.66. The van der Waals surface area contributed by atoms with Gasteiger partial charge in [0.1, 0.15) is 6.17 Å². The molecule has 2 rings (SSSR count). The van der Waals surface area contributed by atoms with Crippen molar-refractivity contribution in [2.24, 2.45) is 0 Å². The Morgan fingerprint density at radius 3 is 3.10 bits per heavy atom. The van der Waals surface area contributed by atoms with E-state index >= 15 is 0 Å². The Morgan fingerprint density at radius 2 is 2.50 bits per heavy atom. The molecule has 1 saturated heterocycles. The summed E-state index contributed by atoms with van der Waals surface area (Å²) in [6, 6.07) is 0.472. The molecule has 2 atom stereocenters. The van der Waals surface area contributed by atoms with Gasteiger partial charge in [-0.2, -0.15) is 5.26 Å². The molecule has 0 bridgehead atoms. The van der Waals surface area contributed by atoms with Gasteiger partial charge in [-0.25, -0.2) is 0 Å². The molecule has 52 valence electrons. The topological polar surface area (TPSA) is 30.0 Å². The molecule has 1 fully saturated rings. The van der Waals surface area contributed by atoms with Crippen molar-refractivity contribution in [3.8, 4) is 6.19 Å². The van der Waals surface area contributed by atoms with Crippen LogP contribution in [0, 0.1) is 11.5 Å². The van der Waals surface area contributed by atoms with Crippen molar-refractivity contribution in [1.82, 2.24) is 9.80 Å². The van der Waals surface area contributed by atoms with E-state index in [1.807, 2.05) is 18.1 Å². The molecule has 0 radical (unpaired) electrons. The van der Waals surface area contributed by atoms with Gasteiger partial charge in [0.05, 0.1) is 6.04 Å². The molecule has 0 N–H and O–H groups in total. The number of likely N-dealkylation sites (N-methyl/N-ethyl adjacent to an activating group) is 1. The van der Waals surface area contributed by atoms with Gasteiger partial charge in [0.2, 0.25) is 0 Å². The molecule has 0 aliphatic carbocycles. The smallest absolute Gasteiger partial charge is 0.181 e. The molecule has 2 aliphatic heterocycles. The van der Waals surface area contributed by atoms with Gasteiger partial charge in [-0.05, 0) is 12.6 Å². The van der Waals surface area contributed by atoms with Gasteiger partial charge in [-0.3, -0.25) is 4.90 Å². The summed E-state index contributed by atoms with van der Waals surface area (Å²) in [6.07, 6.45) is 7.71. The molecular weight excluding hydrogens is 126 g/mol. The second-order valence-corrected chi connectivity index (χ2v) is 2.77. The molecule has 3 nitrogen and oxygen atoms in total. The molecule has 0 aromatic heterocycles. The van der Waals surface area contributed by atoms with Crippen molar-refractivity contribution in [2.75, 3.05) is 7.05 Å². The first-order valence-electron chi connectivity index (χ1n) is 3.41. The fourth-order valence-electron chi connectivity index (χ4n) is 1.56. The van der Waals surface area contributed by atoms with Crippen LogP contribution in [-0.4, -0.2) is 29.1 Å². The fraction of sp³-hybridized carbons (Fsp3) is 0.571. The summed E-state index contributed by atoms with van der Waals surface area (Å²) in [7, 11) is 2.00. The van der Waals surface area contributed by atoms with Gasteiger partial charge in [0.15, 0.2) is 6.19 Å². The fourth-order valence-corrected chi connectivity index (χ4v) is 1.56. The van der Waals surface area contributed by atoms with Crippen molar-refractivity contribution in [1.29, 1.82) is 5.26 Å². The second-order valence-electron chi connectivity index (χ2n) is 2.77. The van der Waals surface area contributed by atoms with Crippen LogP contribution < -0.4 is 0 Å². The van der Waals surface area contributed by atoms with Crippen LogP contribution in [0.25, 0.3) is 0 Å². The van der Waals surface area contributed by atoms with Gasteiger partial charge >= 0.3 is 0 Å². The Morgan fingerprint density at radius 1 is 1.70 bits per heavy atom. The highest BCUT2D eigenvalue weighted by molar-refractivity contribution is 5.15. The summed E-state index contributed by atoms with van der Waals surface area (Å²) in [5, 5.41) is 8.58. The lowest BCUT2D eigenvalue weighted by Crippen LogP contribution is -2.20. The highest BCUT2D eigenvalue weighted by Gasteiger charge is 2.50. The van der Waals surface area contributed by atoms with E-state index in [4.69, 9.17) is 5.26 Å². The number of hydrogen-bond donors (Lipinski definition) is 0. The SMILES string of the molecule is CN1C=CC[C@@H]2[C@H]1N2C#N. The van der Waals surface area contributed by atoms with Crippen molar-refractivity contribution in [2.45, 2.75) is 18.6 Å². The maximum Gasteiger partial charge on any atom is 0.181 e. The van der Waals surface area contributed by atoms with Gasteiger partial charge in [-0.15, -0.1) is 0 Å². The lowest BCUT2D eigenvalue weighted by atomic mass is 10.2. The van der Waals surface area contributed by atoms with Gasteiger partial charge in [-0.1, -0.05) is 6.08 Å². The molecule has 0 unspecified atom stereocenters. The lowest BCUT2D eigenvalue weighted by molar-refractivity contribution is 0.383. The average molecular weight is 135 g/mol. The molecule has 3 heteroatoms. The summed E-state index contributed by atoms with van der Waals surface area (Å²) in [4.78, 5) is 3.90. The van der Waals surface area contributed by atoms with Crippen LogP contribution in [0.1, 0.15) is 6.42 Å². The molecule has 2 aliphatic rings. The summed E-state index contributed by atoms with van der Waals surface area (Å²) < 4.78 is 0. The van der Waals surface area contributed by atoms with E-state index in [-0.39, 0.29) is 0 Å². The predicted molar refractivity (Wildman–Crippen MR) is 36.5 cm³/mol. The van der Waals surface area contributed by atoms with Crippen LogP contribution in [-0.2, 0) is 0 Å². The Hall–Kier alpha value is -1.17. The summed E-state index contributed by atoms with van der Waals surface area (Å²) in [5.74, 6) is 0. The van der Waals surface area contributed by atoms with E-state index in [1.165, 1.54) is 0 Å². The average Bonchev–Trinajstić information content (AvgIpc) is 2.63. The highest BCUT2D eigenvalue weighted by Crippen LogP contribution is 2.35. The number of rotatable bonds is 0. The Bertz CT molecular complexity index is 215. The van der Waals surface area contributed by atoms with Crippen LogP contribution in [0.4, 0.5) is 0 Å². The van der Waals surface area contributed by atoms with Gasteiger partial charge in [0, 0.05) is 7.05 Å². The number of nitrogens with zero attached hydrogens (tertiary/aromatic N) is 3. The highest BCUT2D eigenvalue weighted by atomic mass is 15.5. The number of nitriles is 1. The zero-order valence-corrected chi connectivity index (χ0v) is 5.86. The third kappa shape index (κ3) is 0.535. The van der Waals surface area contributed by atoms with E-state index in [1.54, 1.807) is 0 Å². The zero-order valence-electron chi connectivity index (χ0n) is 5.86. The van der Waals surface area contributed by atoms with E-state index in [0.717, 1.165) is 6.42 Å². The van der Waals surface area contributed by atoms with E-state index in [9.17, 15) is 0 Å². The quantitative estimate of drug-likeness (QED) is 0.354. The molecule has 2 heterocycles. The largest absolute Gasteiger partial charge is 0.359 e.